The fourth-order valence-electron chi connectivity index (χ4n) is 3.66. The minimum Gasteiger partial charge on any atom is -0.352 e. The van der Waals surface area contributed by atoms with E-state index in [9.17, 15) is 18.5 Å². The number of benzene rings is 2. The zero-order valence-corrected chi connectivity index (χ0v) is 19.5. The predicted octanol–water partition coefficient (Wildman–Crippen LogP) is 3.78. The maximum absolute atomic E-state index is 13.0. The van der Waals surface area contributed by atoms with Crippen molar-refractivity contribution in [1.29, 1.82) is 0 Å². The lowest BCUT2D eigenvalue weighted by Crippen LogP contribution is -2.49. The van der Waals surface area contributed by atoms with Crippen LogP contribution in [0.2, 0.25) is 5.02 Å². The normalized spacial score (nSPS) is 14.9. The molecule has 11 heteroatoms. The largest absolute Gasteiger partial charge is 0.352 e. The number of hydrogen-bond acceptors (Lipinski definition) is 7. The number of rotatable bonds is 6. The first-order chi connectivity index (χ1) is 15.8. The number of sulfonamides is 1. The number of nitrogens with zero attached hydrogens (tertiary/aromatic N) is 5. The molecule has 0 amide bonds. The molecule has 1 fully saturated rings. The third kappa shape index (κ3) is 4.82. The highest BCUT2D eigenvalue weighted by Crippen LogP contribution is 2.29. The van der Waals surface area contributed by atoms with Gasteiger partial charge in [0.25, 0.3) is 5.69 Å². The first-order valence-electron chi connectivity index (χ1n) is 10.4. The van der Waals surface area contributed by atoms with E-state index in [1.165, 1.54) is 22.0 Å². The van der Waals surface area contributed by atoms with Gasteiger partial charge in [-0.15, -0.1) is 10.2 Å². The SMILES string of the molecule is CCc1ccc(-c2ccc(N3CCN(S(=O)(=O)c4cc([N+](=O)[O-])ccc4Cl)CC3)nn2)cc1. The Kier molecular flexibility index (Phi) is 6.59. The van der Waals surface area contributed by atoms with Crippen molar-refractivity contribution in [2.75, 3.05) is 31.1 Å². The Morgan fingerprint density at radius 1 is 1.00 bits per heavy atom. The summed E-state index contributed by atoms with van der Waals surface area (Å²) < 4.78 is 27.4. The molecule has 1 aliphatic rings. The number of nitro groups is 1. The molecule has 0 aliphatic carbocycles. The second-order valence-corrected chi connectivity index (χ2v) is 9.90. The quantitative estimate of drug-likeness (QED) is 0.384. The summed E-state index contributed by atoms with van der Waals surface area (Å²) in [6, 6.07) is 15.4. The summed E-state index contributed by atoms with van der Waals surface area (Å²) in [5, 5.41) is 19.7. The molecular weight excluding hydrogens is 466 g/mol. The van der Waals surface area contributed by atoms with Gasteiger partial charge < -0.3 is 4.90 Å². The van der Waals surface area contributed by atoms with Gasteiger partial charge in [-0.25, -0.2) is 8.42 Å². The van der Waals surface area contributed by atoms with Gasteiger partial charge in [0.15, 0.2) is 5.82 Å². The molecule has 0 atom stereocenters. The molecule has 2 heterocycles. The molecule has 0 spiro atoms. The van der Waals surface area contributed by atoms with Crippen LogP contribution in [0.3, 0.4) is 0 Å². The molecule has 4 rings (SSSR count). The Morgan fingerprint density at radius 3 is 2.27 bits per heavy atom. The van der Waals surface area contributed by atoms with Crippen LogP contribution in [0.1, 0.15) is 12.5 Å². The van der Waals surface area contributed by atoms with Crippen molar-refractivity contribution in [2.45, 2.75) is 18.2 Å². The van der Waals surface area contributed by atoms with Gasteiger partial charge in [0.1, 0.15) is 4.90 Å². The van der Waals surface area contributed by atoms with Crippen LogP contribution in [0.5, 0.6) is 0 Å². The van der Waals surface area contributed by atoms with Crippen LogP contribution < -0.4 is 4.90 Å². The van der Waals surface area contributed by atoms with Gasteiger partial charge in [0, 0.05) is 43.9 Å². The van der Waals surface area contributed by atoms with E-state index < -0.39 is 14.9 Å². The number of hydrogen-bond donors (Lipinski definition) is 0. The van der Waals surface area contributed by atoms with Crippen molar-refractivity contribution < 1.29 is 13.3 Å². The molecule has 33 heavy (non-hydrogen) atoms. The summed E-state index contributed by atoms with van der Waals surface area (Å²) >= 11 is 6.05. The van der Waals surface area contributed by atoms with Crippen LogP contribution in [0.15, 0.2) is 59.5 Å². The van der Waals surface area contributed by atoms with Gasteiger partial charge in [-0.05, 0) is 30.2 Å². The highest BCUT2D eigenvalue weighted by atomic mass is 35.5. The van der Waals surface area contributed by atoms with Crippen molar-refractivity contribution in [3.63, 3.8) is 0 Å². The van der Waals surface area contributed by atoms with Crippen LogP contribution in [-0.4, -0.2) is 54.0 Å². The first kappa shape index (κ1) is 23.1. The topological polar surface area (TPSA) is 110 Å². The summed E-state index contributed by atoms with van der Waals surface area (Å²) in [4.78, 5) is 12.1. The van der Waals surface area contributed by atoms with E-state index in [2.05, 4.69) is 29.3 Å². The standard InChI is InChI=1S/C22H22ClN5O4S/c1-2-16-3-5-17(6-4-16)20-9-10-22(25-24-20)26-11-13-27(14-12-26)33(31,32)21-15-18(28(29)30)7-8-19(21)23/h3-10,15H,2,11-14H2,1H3. The van der Waals surface area contributed by atoms with Gasteiger partial charge in [0.05, 0.1) is 15.6 Å². The molecule has 172 valence electrons. The Balaban J connectivity index is 1.45. The number of halogens is 1. The van der Waals surface area contributed by atoms with Gasteiger partial charge in [-0.2, -0.15) is 4.31 Å². The third-order valence-electron chi connectivity index (χ3n) is 5.61. The molecule has 3 aromatic rings. The van der Waals surface area contributed by atoms with Gasteiger partial charge in [-0.3, -0.25) is 10.1 Å². The summed E-state index contributed by atoms with van der Waals surface area (Å²) in [6.07, 6.45) is 0.972. The molecule has 0 saturated carbocycles. The van der Waals surface area contributed by atoms with E-state index in [0.717, 1.165) is 23.7 Å². The third-order valence-corrected chi connectivity index (χ3v) is 7.99. The molecule has 2 aromatic carbocycles. The smallest absolute Gasteiger partial charge is 0.270 e. The average molecular weight is 488 g/mol. The van der Waals surface area contributed by atoms with Crippen LogP contribution >= 0.6 is 11.6 Å². The fraction of sp³-hybridized carbons (Fsp3) is 0.273. The van der Waals surface area contributed by atoms with Crippen molar-refractivity contribution in [3.05, 3.63) is 75.3 Å². The van der Waals surface area contributed by atoms with Crippen molar-refractivity contribution in [1.82, 2.24) is 14.5 Å². The summed E-state index contributed by atoms with van der Waals surface area (Å²) in [7, 11) is -3.97. The molecule has 0 bridgehead atoms. The van der Waals surface area contributed by atoms with E-state index in [0.29, 0.717) is 18.9 Å². The minimum atomic E-state index is -3.97. The van der Waals surface area contributed by atoms with Gasteiger partial charge >= 0.3 is 0 Å². The van der Waals surface area contributed by atoms with Crippen molar-refractivity contribution in [3.8, 4) is 11.3 Å². The monoisotopic (exact) mass is 487 g/mol. The van der Waals surface area contributed by atoms with E-state index in [4.69, 9.17) is 11.6 Å². The second-order valence-electron chi connectivity index (χ2n) is 7.59. The van der Waals surface area contributed by atoms with Gasteiger partial charge in [-0.1, -0.05) is 42.8 Å². The second kappa shape index (κ2) is 9.42. The Morgan fingerprint density at radius 2 is 1.70 bits per heavy atom. The number of piperazine rings is 1. The lowest BCUT2D eigenvalue weighted by molar-refractivity contribution is -0.385. The lowest BCUT2D eigenvalue weighted by Gasteiger charge is -2.34. The summed E-state index contributed by atoms with van der Waals surface area (Å²) in [6.45, 7) is 3.31. The molecule has 9 nitrogen and oxygen atoms in total. The van der Waals surface area contributed by atoms with Crippen LogP contribution in [-0.2, 0) is 16.4 Å². The highest BCUT2D eigenvalue weighted by molar-refractivity contribution is 7.89. The molecule has 1 aliphatic heterocycles. The maximum atomic E-state index is 13.0. The fourth-order valence-corrected chi connectivity index (χ4v) is 5.58. The molecule has 1 saturated heterocycles. The van der Waals surface area contributed by atoms with E-state index in [-0.39, 0.29) is 28.7 Å². The predicted molar refractivity (Wildman–Crippen MR) is 126 cm³/mol. The van der Waals surface area contributed by atoms with Gasteiger partial charge in [0.2, 0.25) is 10.0 Å². The van der Waals surface area contributed by atoms with E-state index in [1.807, 2.05) is 29.2 Å². The molecule has 0 radical (unpaired) electrons. The van der Waals surface area contributed by atoms with Crippen molar-refractivity contribution >= 4 is 33.1 Å². The Labute approximate surface area is 196 Å². The summed E-state index contributed by atoms with van der Waals surface area (Å²) in [5.74, 6) is 0.661. The minimum absolute atomic E-state index is 0.0449. The zero-order valence-electron chi connectivity index (χ0n) is 17.9. The number of nitro benzene ring substituents is 1. The van der Waals surface area contributed by atoms with Crippen LogP contribution in [0, 0.1) is 10.1 Å². The number of aryl methyl sites for hydroxylation is 1. The molecule has 0 unspecified atom stereocenters. The molecule has 0 N–H and O–H groups in total. The molecule has 1 aromatic heterocycles. The Hall–Kier alpha value is -3.08. The van der Waals surface area contributed by atoms with E-state index in [1.54, 1.807) is 0 Å². The maximum Gasteiger partial charge on any atom is 0.270 e. The summed E-state index contributed by atoms with van der Waals surface area (Å²) in [5.41, 5.74) is 2.68. The number of non-ortho nitro benzene ring substituents is 1. The van der Waals surface area contributed by atoms with Crippen molar-refractivity contribution in [2.24, 2.45) is 0 Å². The molecular formula is C22H22ClN5O4S. The average Bonchev–Trinajstić information content (AvgIpc) is 2.84. The Bertz CT molecular complexity index is 1260. The number of aromatic nitrogens is 2. The van der Waals surface area contributed by atoms with E-state index >= 15 is 0 Å². The van der Waals surface area contributed by atoms with Crippen LogP contribution in [0.4, 0.5) is 11.5 Å². The first-order valence-corrected chi connectivity index (χ1v) is 12.2. The zero-order chi connectivity index (χ0) is 23.6. The number of anilines is 1. The highest BCUT2D eigenvalue weighted by Gasteiger charge is 2.31. The van der Waals surface area contributed by atoms with Crippen LogP contribution in [0.25, 0.3) is 11.3 Å². The lowest BCUT2D eigenvalue weighted by atomic mass is 10.1.